The number of aryl methyl sites for hydroxylation is 1. The van der Waals surface area contributed by atoms with Gasteiger partial charge in [0.05, 0.1) is 13.2 Å². The fourth-order valence-electron chi connectivity index (χ4n) is 3.06. The van der Waals surface area contributed by atoms with Gasteiger partial charge in [0.1, 0.15) is 17.1 Å². The number of esters is 1. The molecule has 0 saturated carbocycles. The summed E-state index contributed by atoms with van der Waals surface area (Å²) in [6.45, 7) is 8.39. The Balaban J connectivity index is 1.72. The van der Waals surface area contributed by atoms with Crippen molar-refractivity contribution in [1.82, 2.24) is 0 Å². The topological polar surface area (TPSA) is 48.7 Å². The number of hydrogen-bond acceptors (Lipinski definition) is 4. The Morgan fingerprint density at radius 3 is 2.71 bits per heavy atom. The van der Waals surface area contributed by atoms with Crippen LogP contribution in [-0.2, 0) is 16.0 Å². The first-order valence-corrected chi connectivity index (χ1v) is 9.68. The minimum Gasteiger partial charge on any atom is -0.493 e. The van der Waals surface area contributed by atoms with Crippen molar-refractivity contribution >= 4 is 16.9 Å². The predicted octanol–water partition coefficient (Wildman–Crippen LogP) is 5.80. The van der Waals surface area contributed by atoms with Crippen molar-refractivity contribution in [3.63, 3.8) is 0 Å². The van der Waals surface area contributed by atoms with Crippen LogP contribution in [0.1, 0.15) is 25.8 Å². The lowest BCUT2D eigenvalue weighted by Gasteiger charge is -2.15. The molecule has 2 aromatic carbocycles. The molecule has 28 heavy (non-hydrogen) atoms. The quantitative estimate of drug-likeness (QED) is 0.349. The van der Waals surface area contributed by atoms with Crippen LogP contribution in [0.2, 0.25) is 0 Å². The first kappa shape index (κ1) is 19.7. The van der Waals surface area contributed by atoms with Gasteiger partial charge in [-0.25, -0.2) is 4.79 Å². The average molecular weight is 378 g/mol. The maximum atomic E-state index is 11.2. The molecule has 4 heteroatoms. The van der Waals surface area contributed by atoms with Gasteiger partial charge in [-0.15, -0.1) is 0 Å². The maximum absolute atomic E-state index is 11.2. The van der Waals surface area contributed by atoms with Crippen LogP contribution in [0.4, 0.5) is 0 Å². The standard InChI is InChI=1S/C24H26O4/c1-4-17(16-27-24(25)6-3)15-26-20-12-11-19-13-23(28-22(19)14-20)21-10-8-7-9-18(21)5-2/h6-14,17H,3-5,15-16H2,1-2H3. The van der Waals surface area contributed by atoms with Crippen LogP contribution < -0.4 is 4.74 Å². The number of rotatable bonds is 9. The highest BCUT2D eigenvalue weighted by Gasteiger charge is 2.12. The normalized spacial score (nSPS) is 11.9. The molecule has 4 nitrogen and oxygen atoms in total. The molecule has 1 aromatic heterocycles. The maximum Gasteiger partial charge on any atom is 0.330 e. The number of furan rings is 1. The van der Waals surface area contributed by atoms with Crippen molar-refractivity contribution < 1.29 is 18.7 Å². The molecule has 0 aliphatic heterocycles. The van der Waals surface area contributed by atoms with Crippen LogP contribution in [0.5, 0.6) is 5.75 Å². The number of carbonyl (C=O) groups is 1. The highest BCUT2D eigenvalue weighted by molar-refractivity contribution is 5.84. The van der Waals surface area contributed by atoms with Crippen molar-refractivity contribution in [3.05, 3.63) is 66.7 Å². The monoisotopic (exact) mass is 378 g/mol. The molecular formula is C24H26O4. The summed E-state index contributed by atoms with van der Waals surface area (Å²) < 4.78 is 17.1. The third-order valence-corrected chi connectivity index (χ3v) is 4.85. The van der Waals surface area contributed by atoms with Gasteiger partial charge in [-0.1, -0.05) is 44.7 Å². The smallest absolute Gasteiger partial charge is 0.330 e. The Kier molecular flexibility index (Phi) is 6.53. The SMILES string of the molecule is C=CC(=O)OCC(CC)COc1ccc2cc(-c3ccccc3CC)oc2c1. The molecule has 0 amide bonds. The summed E-state index contributed by atoms with van der Waals surface area (Å²) in [6.07, 6.45) is 2.98. The zero-order chi connectivity index (χ0) is 19.9. The third kappa shape index (κ3) is 4.63. The summed E-state index contributed by atoms with van der Waals surface area (Å²) in [7, 11) is 0. The number of hydrogen-bond donors (Lipinski definition) is 0. The van der Waals surface area contributed by atoms with Gasteiger partial charge in [0.25, 0.3) is 0 Å². The van der Waals surface area contributed by atoms with E-state index in [9.17, 15) is 4.79 Å². The molecule has 3 aromatic rings. The molecule has 146 valence electrons. The van der Waals surface area contributed by atoms with Gasteiger partial charge in [0.15, 0.2) is 0 Å². The van der Waals surface area contributed by atoms with Crippen LogP contribution >= 0.6 is 0 Å². The molecule has 0 fully saturated rings. The van der Waals surface area contributed by atoms with Gasteiger partial charge in [-0.05, 0) is 36.6 Å². The van der Waals surface area contributed by atoms with Crippen molar-refractivity contribution in [1.29, 1.82) is 0 Å². The summed E-state index contributed by atoms with van der Waals surface area (Å²) in [5.74, 6) is 1.33. The molecule has 0 aliphatic rings. The molecule has 0 radical (unpaired) electrons. The molecule has 0 N–H and O–H groups in total. The van der Waals surface area contributed by atoms with Crippen LogP contribution in [0.25, 0.3) is 22.3 Å². The summed E-state index contributed by atoms with van der Waals surface area (Å²) in [4.78, 5) is 11.2. The Morgan fingerprint density at radius 1 is 1.14 bits per heavy atom. The van der Waals surface area contributed by atoms with Crippen molar-refractivity contribution in [2.24, 2.45) is 5.92 Å². The summed E-state index contributed by atoms with van der Waals surface area (Å²) in [6, 6.07) is 16.2. The van der Waals surface area contributed by atoms with Crippen molar-refractivity contribution in [2.45, 2.75) is 26.7 Å². The number of benzene rings is 2. The third-order valence-electron chi connectivity index (χ3n) is 4.85. The van der Waals surface area contributed by atoms with E-state index in [2.05, 4.69) is 31.7 Å². The molecule has 0 bridgehead atoms. The fourth-order valence-corrected chi connectivity index (χ4v) is 3.06. The molecule has 1 heterocycles. The number of fused-ring (bicyclic) bond motifs is 1. The Morgan fingerprint density at radius 2 is 1.96 bits per heavy atom. The van der Waals surface area contributed by atoms with Crippen molar-refractivity contribution in [3.8, 4) is 17.1 Å². The predicted molar refractivity (Wildman–Crippen MR) is 111 cm³/mol. The molecule has 1 unspecified atom stereocenters. The largest absolute Gasteiger partial charge is 0.493 e. The van der Waals surface area contributed by atoms with Crippen LogP contribution in [0, 0.1) is 5.92 Å². The number of carbonyl (C=O) groups excluding carboxylic acids is 1. The zero-order valence-corrected chi connectivity index (χ0v) is 16.4. The summed E-state index contributed by atoms with van der Waals surface area (Å²) in [5.41, 5.74) is 3.18. The van der Waals surface area contributed by atoms with E-state index in [1.165, 1.54) is 11.6 Å². The highest BCUT2D eigenvalue weighted by atomic mass is 16.5. The van der Waals surface area contributed by atoms with E-state index < -0.39 is 5.97 Å². The van der Waals surface area contributed by atoms with E-state index in [1.807, 2.05) is 37.3 Å². The van der Waals surface area contributed by atoms with Gasteiger partial charge in [-0.2, -0.15) is 0 Å². The second-order valence-corrected chi connectivity index (χ2v) is 6.74. The molecule has 1 atom stereocenters. The van der Waals surface area contributed by atoms with E-state index in [4.69, 9.17) is 13.9 Å². The minimum atomic E-state index is -0.407. The lowest BCUT2D eigenvalue weighted by atomic mass is 10.0. The first-order chi connectivity index (χ1) is 13.6. The Bertz CT molecular complexity index is 954. The Hall–Kier alpha value is -3.01. The molecular weight excluding hydrogens is 352 g/mol. The average Bonchev–Trinajstić information content (AvgIpc) is 3.16. The zero-order valence-electron chi connectivity index (χ0n) is 16.4. The minimum absolute atomic E-state index is 0.128. The lowest BCUT2D eigenvalue weighted by Crippen LogP contribution is -2.19. The second kappa shape index (κ2) is 9.27. The van der Waals surface area contributed by atoms with Gasteiger partial charge in [0.2, 0.25) is 0 Å². The molecule has 3 rings (SSSR count). The lowest BCUT2D eigenvalue weighted by molar-refractivity contribution is -0.139. The van der Waals surface area contributed by atoms with Gasteiger partial charge < -0.3 is 13.9 Å². The van der Waals surface area contributed by atoms with E-state index in [-0.39, 0.29) is 5.92 Å². The highest BCUT2D eigenvalue weighted by Crippen LogP contribution is 2.32. The van der Waals surface area contributed by atoms with Gasteiger partial charge in [-0.3, -0.25) is 0 Å². The van der Waals surface area contributed by atoms with E-state index in [0.717, 1.165) is 40.9 Å². The van der Waals surface area contributed by atoms with E-state index >= 15 is 0 Å². The van der Waals surface area contributed by atoms with Crippen molar-refractivity contribution in [2.75, 3.05) is 13.2 Å². The summed E-state index contributed by atoms with van der Waals surface area (Å²) in [5, 5.41) is 1.04. The Labute approximate surface area is 165 Å². The summed E-state index contributed by atoms with van der Waals surface area (Å²) >= 11 is 0. The molecule has 0 spiro atoms. The second-order valence-electron chi connectivity index (χ2n) is 6.74. The van der Waals surface area contributed by atoms with Crippen LogP contribution in [0.15, 0.2) is 65.6 Å². The van der Waals surface area contributed by atoms with Crippen LogP contribution in [0.3, 0.4) is 0 Å². The first-order valence-electron chi connectivity index (χ1n) is 9.68. The fraction of sp³-hybridized carbons (Fsp3) is 0.292. The molecule has 0 saturated heterocycles. The number of ether oxygens (including phenoxy) is 2. The van der Waals surface area contributed by atoms with E-state index in [1.54, 1.807) is 0 Å². The van der Waals surface area contributed by atoms with E-state index in [0.29, 0.717) is 13.2 Å². The van der Waals surface area contributed by atoms with Gasteiger partial charge >= 0.3 is 5.97 Å². The molecule has 0 aliphatic carbocycles. The van der Waals surface area contributed by atoms with Crippen LogP contribution in [-0.4, -0.2) is 19.2 Å². The van der Waals surface area contributed by atoms with Gasteiger partial charge in [0, 0.05) is 29.0 Å².